The molecule has 90 valence electrons. The third-order valence-electron chi connectivity index (χ3n) is 3.20. The van der Waals surface area contributed by atoms with Crippen LogP contribution in [0.4, 0.5) is 4.39 Å². The maximum atomic E-state index is 12.7. The minimum atomic E-state index is -0.171. The van der Waals surface area contributed by atoms with E-state index in [0.717, 1.165) is 12.8 Å². The highest BCUT2D eigenvalue weighted by Crippen LogP contribution is 2.18. The van der Waals surface area contributed by atoms with Gasteiger partial charge in [-0.2, -0.15) is 0 Å². The molecule has 0 bridgehead atoms. The predicted molar refractivity (Wildman–Crippen MR) is 66.7 cm³/mol. The third kappa shape index (κ3) is 4.31. The molecule has 0 fully saturated rings. The Hall–Kier alpha value is -0.890. The summed E-state index contributed by atoms with van der Waals surface area (Å²) < 4.78 is 12.7. The lowest BCUT2D eigenvalue weighted by Crippen LogP contribution is -2.19. The molecule has 0 spiro atoms. The Bertz CT molecular complexity index is 294. The van der Waals surface area contributed by atoms with E-state index in [9.17, 15) is 4.39 Å². The molecule has 0 aliphatic carbocycles. The largest absolute Gasteiger partial charge is 0.330 e. The summed E-state index contributed by atoms with van der Waals surface area (Å²) in [5, 5.41) is 0. The molecule has 0 saturated carbocycles. The summed E-state index contributed by atoms with van der Waals surface area (Å²) in [5.41, 5.74) is 6.96. The van der Waals surface area contributed by atoms with Gasteiger partial charge in [0.05, 0.1) is 0 Å². The number of hydrogen-bond donors (Lipinski definition) is 1. The molecule has 0 aliphatic heterocycles. The minimum absolute atomic E-state index is 0.171. The minimum Gasteiger partial charge on any atom is -0.330 e. The molecule has 1 aromatic rings. The van der Waals surface area contributed by atoms with E-state index in [1.807, 2.05) is 12.1 Å². The van der Waals surface area contributed by atoms with Gasteiger partial charge in [0.2, 0.25) is 0 Å². The predicted octanol–water partition coefficient (Wildman–Crippen LogP) is 3.38. The zero-order chi connectivity index (χ0) is 12.0. The Morgan fingerprint density at radius 3 is 2.38 bits per heavy atom. The van der Waals surface area contributed by atoms with Gasteiger partial charge in [0.1, 0.15) is 5.82 Å². The first-order valence-electron chi connectivity index (χ1n) is 6.10. The molecule has 0 radical (unpaired) electrons. The molecule has 2 N–H and O–H groups in total. The smallest absolute Gasteiger partial charge is 0.123 e. The maximum absolute atomic E-state index is 12.7. The van der Waals surface area contributed by atoms with Gasteiger partial charge >= 0.3 is 0 Å². The van der Waals surface area contributed by atoms with Crippen LogP contribution in [0, 0.1) is 17.7 Å². The molecular formula is C14H22FN. The van der Waals surface area contributed by atoms with Crippen LogP contribution in [0.5, 0.6) is 0 Å². The first kappa shape index (κ1) is 13.2. The van der Waals surface area contributed by atoms with Gasteiger partial charge < -0.3 is 5.73 Å². The SMILES string of the molecule is CCC(C)CC(CN)Cc1ccc(F)cc1. The van der Waals surface area contributed by atoms with Crippen LogP contribution in [0.1, 0.15) is 32.3 Å². The molecule has 1 aromatic carbocycles. The van der Waals surface area contributed by atoms with E-state index < -0.39 is 0 Å². The highest BCUT2D eigenvalue weighted by molar-refractivity contribution is 5.16. The van der Waals surface area contributed by atoms with Gasteiger partial charge in [0.25, 0.3) is 0 Å². The molecule has 0 aliphatic rings. The van der Waals surface area contributed by atoms with Crippen molar-refractivity contribution in [3.8, 4) is 0 Å². The van der Waals surface area contributed by atoms with Gasteiger partial charge in [-0.25, -0.2) is 4.39 Å². The number of benzene rings is 1. The first-order chi connectivity index (χ1) is 7.65. The lowest BCUT2D eigenvalue weighted by atomic mass is 9.89. The van der Waals surface area contributed by atoms with Gasteiger partial charge in [-0.3, -0.25) is 0 Å². The summed E-state index contributed by atoms with van der Waals surface area (Å²) in [6, 6.07) is 6.75. The molecule has 0 amide bonds. The molecule has 2 heteroatoms. The van der Waals surface area contributed by atoms with E-state index in [1.165, 1.54) is 24.1 Å². The quantitative estimate of drug-likeness (QED) is 0.786. The fourth-order valence-corrected chi connectivity index (χ4v) is 1.95. The Kier molecular flexibility index (Phi) is 5.47. The van der Waals surface area contributed by atoms with Gasteiger partial charge in [-0.05, 0) is 48.9 Å². The van der Waals surface area contributed by atoms with E-state index >= 15 is 0 Å². The van der Waals surface area contributed by atoms with E-state index in [2.05, 4.69) is 13.8 Å². The highest BCUT2D eigenvalue weighted by Gasteiger charge is 2.11. The van der Waals surface area contributed by atoms with Gasteiger partial charge in [0.15, 0.2) is 0 Å². The fourth-order valence-electron chi connectivity index (χ4n) is 1.95. The molecule has 2 unspecified atom stereocenters. The van der Waals surface area contributed by atoms with Crippen molar-refractivity contribution in [3.05, 3.63) is 35.6 Å². The van der Waals surface area contributed by atoms with Crippen LogP contribution in [0.25, 0.3) is 0 Å². The van der Waals surface area contributed by atoms with Crippen molar-refractivity contribution in [1.82, 2.24) is 0 Å². The average molecular weight is 223 g/mol. The lowest BCUT2D eigenvalue weighted by molar-refractivity contribution is 0.386. The van der Waals surface area contributed by atoms with Crippen molar-refractivity contribution in [1.29, 1.82) is 0 Å². The van der Waals surface area contributed by atoms with Crippen molar-refractivity contribution in [2.75, 3.05) is 6.54 Å². The van der Waals surface area contributed by atoms with Crippen LogP contribution >= 0.6 is 0 Å². The van der Waals surface area contributed by atoms with Crippen LogP contribution in [-0.4, -0.2) is 6.54 Å². The monoisotopic (exact) mass is 223 g/mol. The van der Waals surface area contributed by atoms with Crippen LogP contribution in [-0.2, 0) is 6.42 Å². The Balaban J connectivity index is 2.52. The zero-order valence-corrected chi connectivity index (χ0v) is 10.2. The van der Waals surface area contributed by atoms with Crippen molar-refractivity contribution in [2.24, 2.45) is 17.6 Å². The summed E-state index contributed by atoms with van der Waals surface area (Å²) in [6.07, 6.45) is 3.31. The van der Waals surface area contributed by atoms with Gasteiger partial charge in [-0.15, -0.1) is 0 Å². The van der Waals surface area contributed by atoms with Gasteiger partial charge in [-0.1, -0.05) is 32.4 Å². The number of rotatable bonds is 6. The number of halogens is 1. The fraction of sp³-hybridized carbons (Fsp3) is 0.571. The number of nitrogens with two attached hydrogens (primary N) is 1. The normalized spacial score (nSPS) is 14.8. The van der Waals surface area contributed by atoms with Crippen molar-refractivity contribution >= 4 is 0 Å². The summed E-state index contributed by atoms with van der Waals surface area (Å²) in [7, 11) is 0. The Labute approximate surface area is 97.9 Å². The van der Waals surface area contributed by atoms with E-state index in [-0.39, 0.29) is 5.82 Å². The summed E-state index contributed by atoms with van der Waals surface area (Å²) in [5.74, 6) is 1.06. The topological polar surface area (TPSA) is 26.0 Å². The van der Waals surface area contributed by atoms with E-state index in [0.29, 0.717) is 18.4 Å². The van der Waals surface area contributed by atoms with Crippen molar-refractivity contribution in [2.45, 2.75) is 33.1 Å². The molecule has 1 rings (SSSR count). The van der Waals surface area contributed by atoms with E-state index in [1.54, 1.807) is 0 Å². The Morgan fingerprint density at radius 1 is 1.25 bits per heavy atom. The van der Waals surface area contributed by atoms with Crippen molar-refractivity contribution < 1.29 is 4.39 Å². The first-order valence-corrected chi connectivity index (χ1v) is 6.10. The highest BCUT2D eigenvalue weighted by atomic mass is 19.1. The lowest BCUT2D eigenvalue weighted by Gasteiger charge is -2.18. The molecule has 1 nitrogen and oxygen atoms in total. The maximum Gasteiger partial charge on any atom is 0.123 e. The van der Waals surface area contributed by atoms with Crippen LogP contribution in [0.2, 0.25) is 0 Å². The van der Waals surface area contributed by atoms with Gasteiger partial charge in [0, 0.05) is 0 Å². The average Bonchev–Trinajstić information content (AvgIpc) is 2.30. The van der Waals surface area contributed by atoms with Crippen molar-refractivity contribution in [3.63, 3.8) is 0 Å². The van der Waals surface area contributed by atoms with Crippen LogP contribution < -0.4 is 5.73 Å². The second-order valence-electron chi connectivity index (χ2n) is 4.68. The molecule has 0 saturated heterocycles. The second-order valence-corrected chi connectivity index (χ2v) is 4.68. The summed E-state index contributed by atoms with van der Waals surface area (Å²) in [6.45, 7) is 5.17. The van der Waals surface area contributed by atoms with Crippen LogP contribution in [0.15, 0.2) is 24.3 Å². The zero-order valence-electron chi connectivity index (χ0n) is 10.2. The molecule has 0 aromatic heterocycles. The Morgan fingerprint density at radius 2 is 1.88 bits per heavy atom. The summed E-state index contributed by atoms with van der Waals surface area (Å²) in [4.78, 5) is 0. The summed E-state index contributed by atoms with van der Waals surface area (Å²) >= 11 is 0. The van der Waals surface area contributed by atoms with E-state index in [4.69, 9.17) is 5.73 Å². The third-order valence-corrected chi connectivity index (χ3v) is 3.20. The molecule has 2 atom stereocenters. The molecule has 0 heterocycles. The molecule has 16 heavy (non-hydrogen) atoms. The standard InChI is InChI=1S/C14H22FN/c1-3-11(2)8-13(10-16)9-12-4-6-14(15)7-5-12/h4-7,11,13H,3,8-10,16H2,1-2H3. The molecular weight excluding hydrogens is 201 g/mol. The van der Waals surface area contributed by atoms with Crippen LogP contribution in [0.3, 0.4) is 0 Å². The second kappa shape index (κ2) is 6.64. The number of hydrogen-bond acceptors (Lipinski definition) is 1.